The molecule has 1 amide bonds. The van der Waals surface area contributed by atoms with Gasteiger partial charge in [-0.2, -0.15) is 0 Å². The molecule has 2 aliphatic heterocycles. The molecule has 1 aliphatic carbocycles. The Morgan fingerprint density at radius 3 is 2.48 bits per heavy atom. The third kappa shape index (κ3) is 2.64. The minimum Gasteiger partial charge on any atom is -0.507 e. The highest BCUT2D eigenvalue weighted by atomic mass is 16.6. The Hall–Kier alpha value is -2.69. The van der Waals surface area contributed by atoms with Crippen molar-refractivity contribution in [3.05, 3.63) is 53.1 Å². The van der Waals surface area contributed by atoms with E-state index < -0.39 is 0 Å². The molecule has 2 aromatic rings. The first kappa shape index (κ1) is 16.5. The number of hydrogen-bond donors (Lipinski definition) is 1. The summed E-state index contributed by atoms with van der Waals surface area (Å²) in [5, 5.41) is 10.1. The molecule has 3 aliphatic rings. The van der Waals surface area contributed by atoms with Crippen molar-refractivity contribution >= 4 is 5.91 Å². The molecule has 140 valence electrons. The van der Waals surface area contributed by atoms with Crippen LogP contribution in [-0.2, 0) is 12.0 Å². The molecule has 2 aromatic carbocycles. The molecule has 0 unspecified atom stereocenters. The van der Waals surface area contributed by atoms with Crippen LogP contribution >= 0.6 is 0 Å². The summed E-state index contributed by atoms with van der Waals surface area (Å²) in [6, 6.07) is 11.0. The van der Waals surface area contributed by atoms with Crippen molar-refractivity contribution in [1.29, 1.82) is 0 Å². The number of carbonyl (C=O) groups excluding carboxylic acids is 1. The lowest BCUT2D eigenvalue weighted by Gasteiger charge is -2.43. The lowest BCUT2D eigenvalue weighted by Crippen LogP contribution is -2.46. The van der Waals surface area contributed by atoms with Crippen molar-refractivity contribution in [2.75, 3.05) is 19.8 Å². The van der Waals surface area contributed by atoms with E-state index >= 15 is 0 Å². The number of phenolic OH excluding ortho intramolecular Hbond substituents is 1. The van der Waals surface area contributed by atoms with Gasteiger partial charge in [-0.25, -0.2) is 0 Å². The Morgan fingerprint density at radius 2 is 1.74 bits per heavy atom. The maximum absolute atomic E-state index is 13.2. The molecule has 0 saturated heterocycles. The second-order valence-corrected chi connectivity index (χ2v) is 7.82. The predicted octanol–water partition coefficient (Wildman–Crippen LogP) is 3.63. The number of phenols is 1. The van der Waals surface area contributed by atoms with E-state index in [1.165, 1.54) is 18.4 Å². The van der Waals surface area contributed by atoms with Gasteiger partial charge in [-0.05, 0) is 48.2 Å². The quantitative estimate of drug-likeness (QED) is 0.838. The number of hydrogen-bond acceptors (Lipinski definition) is 4. The number of amides is 1. The molecule has 1 fully saturated rings. The molecule has 1 spiro atoms. The molecular formula is C22H23NO4. The van der Waals surface area contributed by atoms with Crippen LogP contribution in [-0.4, -0.2) is 35.7 Å². The van der Waals surface area contributed by atoms with Crippen molar-refractivity contribution in [2.45, 2.75) is 37.6 Å². The molecule has 1 N–H and O–H groups in total. The summed E-state index contributed by atoms with van der Waals surface area (Å²) in [6.07, 6.45) is 4.49. The van der Waals surface area contributed by atoms with E-state index in [2.05, 4.69) is 6.07 Å². The Morgan fingerprint density at radius 1 is 1.04 bits per heavy atom. The van der Waals surface area contributed by atoms with Gasteiger partial charge in [0.05, 0.1) is 5.56 Å². The molecule has 5 heteroatoms. The predicted molar refractivity (Wildman–Crippen MR) is 100 cm³/mol. The zero-order valence-corrected chi connectivity index (χ0v) is 15.2. The number of para-hydroxylation sites is 1. The number of rotatable bonds is 1. The number of nitrogens with zero attached hydrogens (tertiary/aromatic N) is 1. The van der Waals surface area contributed by atoms with Gasteiger partial charge in [0, 0.05) is 18.5 Å². The van der Waals surface area contributed by atoms with Crippen molar-refractivity contribution in [3.63, 3.8) is 0 Å². The average molecular weight is 365 g/mol. The highest BCUT2D eigenvalue weighted by Gasteiger charge is 2.44. The monoisotopic (exact) mass is 365 g/mol. The molecule has 5 rings (SSSR count). The highest BCUT2D eigenvalue weighted by Crippen LogP contribution is 2.49. The van der Waals surface area contributed by atoms with Crippen LogP contribution in [0.4, 0.5) is 0 Å². The summed E-state index contributed by atoms with van der Waals surface area (Å²) in [6.45, 7) is 2.35. The molecule has 27 heavy (non-hydrogen) atoms. The van der Waals surface area contributed by atoms with Gasteiger partial charge in [0.2, 0.25) is 0 Å². The van der Waals surface area contributed by atoms with Crippen LogP contribution in [0.3, 0.4) is 0 Å². The Labute approximate surface area is 158 Å². The average Bonchev–Trinajstić information content (AvgIpc) is 3.15. The Bertz CT molecular complexity index is 901. The van der Waals surface area contributed by atoms with Gasteiger partial charge in [0.15, 0.2) is 11.5 Å². The van der Waals surface area contributed by atoms with E-state index in [9.17, 15) is 9.90 Å². The van der Waals surface area contributed by atoms with Crippen LogP contribution in [0.25, 0.3) is 0 Å². The van der Waals surface area contributed by atoms with E-state index in [1.807, 2.05) is 11.0 Å². The van der Waals surface area contributed by atoms with E-state index in [-0.39, 0.29) is 17.1 Å². The van der Waals surface area contributed by atoms with E-state index in [1.54, 1.807) is 24.3 Å². The highest BCUT2D eigenvalue weighted by molar-refractivity contribution is 5.97. The molecule has 2 heterocycles. The standard InChI is InChI=1S/C22H23NO4/c24-18-6-2-1-5-16(18)21(25)23-13-15-11-19-20(27-10-9-26-19)12-17(15)22(14-23)7-3-4-8-22/h1-2,5-6,11-12,24H,3-4,7-10,13-14H2. The van der Waals surface area contributed by atoms with E-state index in [0.717, 1.165) is 29.9 Å². The van der Waals surface area contributed by atoms with Crippen LogP contribution in [0.1, 0.15) is 47.2 Å². The van der Waals surface area contributed by atoms with Crippen molar-refractivity contribution in [2.24, 2.45) is 0 Å². The van der Waals surface area contributed by atoms with Crippen LogP contribution in [0.15, 0.2) is 36.4 Å². The Balaban J connectivity index is 1.57. The van der Waals surface area contributed by atoms with Gasteiger partial charge in [-0.3, -0.25) is 4.79 Å². The SMILES string of the molecule is O=C(c1ccccc1O)N1Cc2cc3c(cc2C2(CCCC2)C1)OCCO3. The second kappa shape index (κ2) is 6.19. The third-order valence-corrected chi connectivity index (χ3v) is 6.18. The van der Waals surface area contributed by atoms with Gasteiger partial charge in [0.1, 0.15) is 19.0 Å². The maximum atomic E-state index is 13.2. The number of carbonyl (C=O) groups is 1. The summed E-state index contributed by atoms with van der Waals surface area (Å²) in [4.78, 5) is 15.1. The zero-order chi connectivity index (χ0) is 18.4. The summed E-state index contributed by atoms with van der Waals surface area (Å²) in [7, 11) is 0. The fraction of sp³-hybridized carbons (Fsp3) is 0.409. The van der Waals surface area contributed by atoms with Gasteiger partial charge in [-0.1, -0.05) is 25.0 Å². The van der Waals surface area contributed by atoms with E-state index in [4.69, 9.17) is 9.47 Å². The number of fused-ring (bicyclic) bond motifs is 3. The lowest BCUT2D eigenvalue weighted by molar-refractivity contribution is 0.0666. The maximum Gasteiger partial charge on any atom is 0.257 e. The smallest absolute Gasteiger partial charge is 0.257 e. The summed E-state index contributed by atoms with van der Waals surface area (Å²) in [5.74, 6) is 1.52. The van der Waals surface area contributed by atoms with Gasteiger partial charge >= 0.3 is 0 Å². The lowest BCUT2D eigenvalue weighted by atomic mass is 9.73. The van der Waals surface area contributed by atoms with Crippen LogP contribution in [0, 0.1) is 0 Å². The first-order valence-electron chi connectivity index (χ1n) is 9.67. The van der Waals surface area contributed by atoms with Gasteiger partial charge < -0.3 is 19.5 Å². The van der Waals surface area contributed by atoms with E-state index in [0.29, 0.717) is 31.9 Å². The molecule has 0 radical (unpaired) electrons. The fourth-order valence-corrected chi connectivity index (χ4v) is 4.92. The normalized spacial score (nSPS) is 19.8. The zero-order valence-electron chi connectivity index (χ0n) is 15.2. The van der Waals surface area contributed by atoms with Gasteiger partial charge in [-0.15, -0.1) is 0 Å². The Kier molecular flexibility index (Phi) is 3.78. The topological polar surface area (TPSA) is 59.0 Å². The second-order valence-electron chi connectivity index (χ2n) is 7.82. The minimum atomic E-state index is -0.111. The molecular weight excluding hydrogens is 342 g/mol. The van der Waals surface area contributed by atoms with Crippen LogP contribution in [0.5, 0.6) is 17.2 Å². The summed E-state index contributed by atoms with van der Waals surface area (Å²) < 4.78 is 11.6. The summed E-state index contributed by atoms with van der Waals surface area (Å²) >= 11 is 0. The van der Waals surface area contributed by atoms with Crippen molar-refractivity contribution < 1.29 is 19.4 Å². The van der Waals surface area contributed by atoms with Crippen LogP contribution < -0.4 is 9.47 Å². The fourth-order valence-electron chi connectivity index (χ4n) is 4.92. The molecule has 0 bridgehead atoms. The molecule has 0 atom stereocenters. The third-order valence-electron chi connectivity index (χ3n) is 6.18. The van der Waals surface area contributed by atoms with Crippen molar-refractivity contribution in [1.82, 2.24) is 4.90 Å². The van der Waals surface area contributed by atoms with Crippen molar-refractivity contribution in [3.8, 4) is 17.2 Å². The molecule has 0 aromatic heterocycles. The summed E-state index contributed by atoms with van der Waals surface area (Å²) in [5.41, 5.74) is 2.79. The first-order valence-corrected chi connectivity index (χ1v) is 9.67. The largest absolute Gasteiger partial charge is 0.507 e. The number of ether oxygens (including phenoxy) is 2. The number of aromatic hydroxyl groups is 1. The van der Waals surface area contributed by atoms with Crippen LogP contribution in [0.2, 0.25) is 0 Å². The molecule has 1 saturated carbocycles. The minimum absolute atomic E-state index is 0.0243. The van der Waals surface area contributed by atoms with Gasteiger partial charge in [0.25, 0.3) is 5.91 Å². The first-order chi connectivity index (χ1) is 13.2. The number of benzene rings is 2. The molecule has 5 nitrogen and oxygen atoms in total.